The van der Waals surface area contributed by atoms with Crippen LogP contribution >= 0.6 is 0 Å². The van der Waals surface area contributed by atoms with Crippen LogP contribution in [0.4, 0.5) is 5.69 Å². The van der Waals surface area contributed by atoms with Crippen LogP contribution < -0.4 is 44.2 Å². The Hall–Kier alpha value is -4.40. The molecule has 0 fully saturated rings. The maximum absolute atomic E-state index is 13.4. The van der Waals surface area contributed by atoms with E-state index in [-0.39, 0.29) is 42.7 Å². The summed E-state index contributed by atoms with van der Waals surface area (Å²) in [6.07, 6.45) is 0.904. The zero-order valence-electron chi connectivity index (χ0n) is 25.3. The van der Waals surface area contributed by atoms with E-state index in [4.69, 9.17) is 22.9 Å². The Morgan fingerprint density at radius 1 is 0.744 bits per heavy atom. The summed E-state index contributed by atoms with van der Waals surface area (Å²) in [4.78, 5) is 68.1. The second-order valence-corrected chi connectivity index (χ2v) is 11.1. The number of nitrogen functional groups attached to an aromatic ring is 1. The average Bonchev–Trinajstić information content (AvgIpc) is 2.91. The fraction of sp³-hybridized carbons (Fsp3) is 0.571. The Morgan fingerprint density at radius 3 is 1.74 bits per heavy atom. The molecule has 0 saturated heterocycles. The van der Waals surface area contributed by atoms with Gasteiger partial charge in [-0.15, -0.1) is 0 Å². The molecular formula is C28H47N9O6. The number of hydrogen-bond acceptors (Lipinski definition) is 8. The van der Waals surface area contributed by atoms with Gasteiger partial charge in [-0.25, -0.2) is 0 Å². The minimum Gasteiger partial charge on any atom is -0.399 e. The standard InChI is InChI=1S/C28H47N9O6/c1-15(2)12-20(23(30)39)35-25(41)19(6-5-11-33-28(31)32)34-26(42)21(13-16(3)4)36-27(43)22(14-38)37-24(40)17-7-9-18(29)10-8-17/h7-10,15-16,19-22,38H,5-6,11-14,29H2,1-4H3,(H2,30,39)(H,34,42)(H,35,41)(H,36,43)(H,37,40)(H4,31,32,33)/t19-,20-,21-,22-/m0/s1. The van der Waals surface area contributed by atoms with Gasteiger partial charge in [-0.1, -0.05) is 27.7 Å². The van der Waals surface area contributed by atoms with Crippen LogP contribution in [-0.4, -0.2) is 77.9 Å². The van der Waals surface area contributed by atoms with Gasteiger partial charge in [0.2, 0.25) is 23.6 Å². The van der Waals surface area contributed by atoms with Crippen LogP contribution in [0.3, 0.4) is 0 Å². The summed E-state index contributed by atoms with van der Waals surface area (Å²) in [5.74, 6) is -3.59. The van der Waals surface area contributed by atoms with Crippen molar-refractivity contribution in [1.82, 2.24) is 21.3 Å². The summed E-state index contributed by atoms with van der Waals surface area (Å²) in [6.45, 7) is 6.86. The second-order valence-electron chi connectivity index (χ2n) is 11.1. The lowest BCUT2D eigenvalue weighted by Crippen LogP contribution is -2.58. The van der Waals surface area contributed by atoms with Crippen LogP contribution in [0, 0.1) is 11.8 Å². The van der Waals surface area contributed by atoms with E-state index in [1.54, 1.807) is 0 Å². The minimum atomic E-state index is -1.36. The van der Waals surface area contributed by atoms with Crippen LogP contribution in [0.25, 0.3) is 0 Å². The number of nitrogens with one attached hydrogen (secondary N) is 4. The van der Waals surface area contributed by atoms with Crippen LogP contribution in [0.1, 0.15) is 63.7 Å². The van der Waals surface area contributed by atoms with Crippen molar-refractivity contribution in [3.05, 3.63) is 29.8 Å². The molecule has 0 aliphatic heterocycles. The van der Waals surface area contributed by atoms with E-state index in [0.29, 0.717) is 18.5 Å². The number of benzene rings is 1. The van der Waals surface area contributed by atoms with Gasteiger partial charge in [0.15, 0.2) is 5.96 Å². The average molecular weight is 606 g/mol. The van der Waals surface area contributed by atoms with Crippen molar-refractivity contribution in [3.8, 4) is 0 Å². The zero-order valence-corrected chi connectivity index (χ0v) is 25.3. The third-order valence-electron chi connectivity index (χ3n) is 6.26. The number of aliphatic imine (C=N–C) groups is 1. The van der Waals surface area contributed by atoms with Gasteiger partial charge in [-0.2, -0.15) is 0 Å². The van der Waals surface area contributed by atoms with Crippen molar-refractivity contribution in [3.63, 3.8) is 0 Å². The Kier molecular flexibility index (Phi) is 15.5. The highest BCUT2D eigenvalue weighted by atomic mass is 16.3. The second kappa shape index (κ2) is 18.2. The third-order valence-corrected chi connectivity index (χ3v) is 6.26. The van der Waals surface area contributed by atoms with E-state index in [1.807, 2.05) is 27.7 Å². The maximum Gasteiger partial charge on any atom is 0.251 e. The smallest absolute Gasteiger partial charge is 0.251 e. The molecule has 15 heteroatoms. The molecule has 0 aliphatic rings. The molecule has 0 bridgehead atoms. The molecule has 13 N–H and O–H groups in total. The van der Waals surface area contributed by atoms with Crippen molar-refractivity contribution >= 4 is 41.2 Å². The molecule has 0 saturated carbocycles. The summed E-state index contributed by atoms with van der Waals surface area (Å²) >= 11 is 0. The number of carbonyl (C=O) groups is 5. The van der Waals surface area contributed by atoms with E-state index >= 15 is 0 Å². The maximum atomic E-state index is 13.4. The molecule has 5 amide bonds. The van der Waals surface area contributed by atoms with E-state index < -0.39 is 60.3 Å². The lowest BCUT2D eigenvalue weighted by Gasteiger charge is -2.27. The predicted octanol–water partition coefficient (Wildman–Crippen LogP) is -1.55. The van der Waals surface area contributed by atoms with Crippen molar-refractivity contribution in [2.24, 2.45) is 34.0 Å². The Morgan fingerprint density at radius 2 is 1.23 bits per heavy atom. The predicted molar refractivity (Wildman–Crippen MR) is 163 cm³/mol. The number of rotatable bonds is 18. The number of hydrogen-bond donors (Lipinski definition) is 9. The highest BCUT2D eigenvalue weighted by Gasteiger charge is 2.31. The van der Waals surface area contributed by atoms with Gasteiger partial charge in [-0.3, -0.25) is 29.0 Å². The van der Waals surface area contributed by atoms with Gasteiger partial charge in [0.05, 0.1) is 6.61 Å². The number of aliphatic hydroxyl groups excluding tert-OH is 1. The first kappa shape index (κ1) is 36.6. The summed E-state index contributed by atoms with van der Waals surface area (Å²) < 4.78 is 0. The molecule has 0 spiro atoms. The molecule has 240 valence electrons. The first-order valence-electron chi connectivity index (χ1n) is 14.2. The molecule has 15 nitrogen and oxygen atoms in total. The van der Waals surface area contributed by atoms with Crippen molar-refractivity contribution in [2.45, 2.75) is 77.5 Å². The highest BCUT2D eigenvalue weighted by molar-refractivity contribution is 5.99. The fourth-order valence-electron chi connectivity index (χ4n) is 4.08. The van der Waals surface area contributed by atoms with Crippen LogP contribution in [0.15, 0.2) is 29.3 Å². The van der Waals surface area contributed by atoms with Gasteiger partial charge in [0.25, 0.3) is 5.91 Å². The molecule has 0 radical (unpaired) electrons. The summed E-state index contributed by atoms with van der Waals surface area (Å²) in [7, 11) is 0. The lowest BCUT2D eigenvalue weighted by molar-refractivity contribution is -0.134. The van der Waals surface area contributed by atoms with Crippen LogP contribution in [0.2, 0.25) is 0 Å². The summed E-state index contributed by atoms with van der Waals surface area (Å²) in [6, 6.07) is 1.42. The molecule has 1 aromatic carbocycles. The topological polar surface area (TPSA) is 270 Å². The number of nitrogens with zero attached hydrogens (tertiary/aromatic N) is 1. The molecule has 1 aromatic rings. The summed E-state index contributed by atoms with van der Waals surface area (Å²) in [5.41, 5.74) is 22.5. The number of carbonyl (C=O) groups excluding carboxylic acids is 5. The lowest BCUT2D eigenvalue weighted by atomic mass is 10.0. The van der Waals surface area contributed by atoms with E-state index in [0.717, 1.165) is 0 Å². The minimum absolute atomic E-state index is 0.0540. The quantitative estimate of drug-likeness (QED) is 0.0405. The largest absolute Gasteiger partial charge is 0.399 e. The molecule has 0 heterocycles. The number of amides is 5. The third kappa shape index (κ3) is 13.9. The van der Waals surface area contributed by atoms with Crippen molar-refractivity contribution in [1.29, 1.82) is 0 Å². The molecule has 43 heavy (non-hydrogen) atoms. The molecule has 0 unspecified atom stereocenters. The monoisotopic (exact) mass is 605 g/mol. The molecular weight excluding hydrogens is 558 g/mol. The Labute approximate surface area is 252 Å². The van der Waals surface area contributed by atoms with Gasteiger partial charge < -0.3 is 49.3 Å². The van der Waals surface area contributed by atoms with Gasteiger partial charge >= 0.3 is 0 Å². The van der Waals surface area contributed by atoms with Crippen molar-refractivity contribution in [2.75, 3.05) is 18.9 Å². The highest BCUT2D eigenvalue weighted by Crippen LogP contribution is 2.10. The van der Waals surface area contributed by atoms with Crippen LogP contribution in [-0.2, 0) is 19.2 Å². The number of primary amides is 1. The SMILES string of the molecule is CC(C)C[C@H](NC(=O)[C@H](CCCN=C(N)N)NC(=O)[C@H](CC(C)C)NC(=O)[C@H](CO)NC(=O)c1ccc(N)cc1)C(N)=O. The number of aliphatic hydroxyl groups is 1. The number of anilines is 1. The number of nitrogens with two attached hydrogens (primary N) is 4. The van der Waals surface area contributed by atoms with E-state index in [1.165, 1.54) is 24.3 Å². The van der Waals surface area contributed by atoms with Crippen molar-refractivity contribution < 1.29 is 29.1 Å². The van der Waals surface area contributed by atoms with E-state index in [2.05, 4.69) is 26.3 Å². The Bertz CT molecular complexity index is 1120. The first-order chi connectivity index (χ1) is 20.1. The van der Waals surface area contributed by atoms with E-state index in [9.17, 15) is 29.1 Å². The van der Waals surface area contributed by atoms with Gasteiger partial charge in [0, 0.05) is 17.8 Å². The molecule has 1 rings (SSSR count). The van der Waals surface area contributed by atoms with Crippen LogP contribution in [0.5, 0.6) is 0 Å². The zero-order chi connectivity index (χ0) is 32.7. The summed E-state index contributed by atoms with van der Waals surface area (Å²) in [5, 5.41) is 20.1. The normalized spacial score (nSPS) is 13.7. The first-order valence-corrected chi connectivity index (χ1v) is 14.2. The van der Waals surface area contributed by atoms with Gasteiger partial charge in [0.1, 0.15) is 24.2 Å². The molecule has 0 aliphatic carbocycles. The Balaban J connectivity index is 3.10. The molecule has 4 atom stereocenters. The number of guanidine groups is 1. The fourth-order valence-corrected chi connectivity index (χ4v) is 4.08. The van der Waals surface area contributed by atoms with Gasteiger partial charge in [-0.05, 0) is 61.8 Å². The molecule has 0 aromatic heterocycles.